The molecule has 104 valence electrons. The second-order valence-electron chi connectivity index (χ2n) is 4.67. The van der Waals surface area contributed by atoms with Gasteiger partial charge in [-0.15, -0.1) is 0 Å². The number of hydrogen-bond acceptors (Lipinski definition) is 2. The molecule has 1 heterocycles. The van der Waals surface area contributed by atoms with Crippen LogP contribution in [-0.4, -0.2) is 23.1 Å². The molecule has 19 heavy (non-hydrogen) atoms. The van der Waals surface area contributed by atoms with Crippen molar-refractivity contribution >= 4 is 11.0 Å². The predicted octanol–water partition coefficient (Wildman–Crippen LogP) is 3.16. The third-order valence-corrected chi connectivity index (χ3v) is 3.07. The van der Waals surface area contributed by atoms with Gasteiger partial charge in [-0.1, -0.05) is 19.8 Å². The monoisotopic (exact) mass is 267 g/mol. The van der Waals surface area contributed by atoms with Crippen molar-refractivity contribution in [2.75, 3.05) is 13.1 Å². The fourth-order valence-electron chi connectivity index (χ4n) is 2.01. The summed E-state index contributed by atoms with van der Waals surface area (Å²) in [4.78, 5) is 7.25. The van der Waals surface area contributed by atoms with Crippen LogP contribution in [0.4, 0.5) is 8.78 Å². The van der Waals surface area contributed by atoms with Crippen molar-refractivity contribution in [1.82, 2.24) is 15.3 Å². The van der Waals surface area contributed by atoms with Gasteiger partial charge < -0.3 is 10.3 Å². The first-order valence-corrected chi connectivity index (χ1v) is 6.75. The van der Waals surface area contributed by atoms with Gasteiger partial charge in [-0.2, -0.15) is 0 Å². The van der Waals surface area contributed by atoms with Crippen molar-refractivity contribution in [2.24, 2.45) is 0 Å². The zero-order chi connectivity index (χ0) is 13.7. The van der Waals surface area contributed by atoms with Gasteiger partial charge in [0.2, 0.25) is 0 Å². The van der Waals surface area contributed by atoms with E-state index in [2.05, 4.69) is 22.2 Å². The molecule has 3 nitrogen and oxygen atoms in total. The van der Waals surface area contributed by atoms with E-state index in [-0.39, 0.29) is 0 Å². The fourth-order valence-corrected chi connectivity index (χ4v) is 2.01. The summed E-state index contributed by atoms with van der Waals surface area (Å²) in [6.45, 7) is 3.98. The lowest BCUT2D eigenvalue weighted by atomic mass is 10.2. The van der Waals surface area contributed by atoms with Gasteiger partial charge in [-0.05, 0) is 13.0 Å². The molecule has 0 aliphatic carbocycles. The van der Waals surface area contributed by atoms with E-state index >= 15 is 0 Å². The van der Waals surface area contributed by atoms with Crippen LogP contribution in [0.5, 0.6) is 0 Å². The van der Waals surface area contributed by atoms with Gasteiger partial charge in [0.05, 0.1) is 11.0 Å². The van der Waals surface area contributed by atoms with E-state index in [0.717, 1.165) is 37.5 Å². The zero-order valence-electron chi connectivity index (χ0n) is 11.1. The molecule has 1 aromatic heterocycles. The highest BCUT2D eigenvalue weighted by Gasteiger charge is 2.08. The predicted molar refractivity (Wildman–Crippen MR) is 72.1 cm³/mol. The van der Waals surface area contributed by atoms with Gasteiger partial charge in [0.15, 0.2) is 11.6 Å². The largest absolute Gasteiger partial charge is 0.342 e. The molecule has 0 bridgehead atoms. The lowest BCUT2D eigenvalue weighted by Gasteiger charge is -2.01. The van der Waals surface area contributed by atoms with Crippen LogP contribution in [0.15, 0.2) is 12.1 Å². The van der Waals surface area contributed by atoms with E-state index in [0.29, 0.717) is 11.0 Å². The van der Waals surface area contributed by atoms with Gasteiger partial charge in [0, 0.05) is 25.1 Å². The summed E-state index contributed by atoms with van der Waals surface area (Å²) in [5.74, 6) is -0.952. The molecule has 0 spiro atoms. The maximum Gasteiger partial charge on any atom is 0.161 e. The average Bonchev–Trinajstić information content (AvgIpc) is 2.76. The number of benzene rings is 1. The standard InChI is InChI=1S/C14H19F2N3/c1-2-3-4-6-17-7-5-14-18-12-8-10(15)11(16)9-13(12)19-14/h8-9,17H,2-7H2,1H3,(H,18,19). The highest BCUT2D eigenvalue weighted by Crippen LogP contribution is 2.16. The van der Waals surface area contributed by atoms with E-state index in [1.807, 2.05) is 0 Å². The van der Waals surface area contributed by atoms with Crippen LogP contribution in [0.25, 0.3) is 11.0 Å². The van der Waals surface area contributed by atoms with E-state index in [4.69, 9.17) is 0 Å². The number of hydrogen-bond donors (Lipinski definition) is 2. The number of halogens is 2. The molecule has 0 radical (unpaired) electrons. The molecule has 0 saturated carbocycles. The number of fused-ring (bicyclic) bond motifs is 1. The zero-order valence-corrected chi connectivity index (χ0v) is 11.1. The first-order chi connectivity index (χ1) is 9.20. The number of aromatic nitrogens is 2. The summed E-state index contributed by atoms with van der Waals surface area (Å²) < 4.78 is 26.1. The first-order valence-electron chi connectivity index (χ1n) is 6.75. The number of rotatable bonds is 7. The topological polar surface area (TPSA) is 40.7 Å². The SMILES string of the molecule is CCCCCNCCc1nc2cc(F)c(F)cc2[nH]1. The Kier molecular flexibility index (Phi) is 4.85. The van der Waals surface area contributed by atoms with Gasteiger partial charge in [0.1, 0.15) is 5.82 Å². The molecular formula is C14H19F2N3. The summed E-state index contributed by atoms with van der Waals surface area (Å²) in [5.41, 5.74) is 1.01. The number of nitrogens with zero attached hydrogens (tertiary/aromatic N) is 1. The van der Waals surface area contributed by atoms with Crippen LogP contribution in [-0.2, 0) is 6.42 Å². The maximum atomic E-state index is 13.0. The Morgan fingerprint density at radius 1 is 1.16 bits per heavy atom. The number of imidazole rings is 1. The van der Waals surface area contributed by atoms with Crippen molar-refractivity contribution in [2.45, 2.75) is 32.6 Å². The minimum atomic E-state index is -0.858. The molecule has 0 aliphatic heterocycles. The normalized spacial score (nSPS) is 11.3. The van der Waals surface area contributed by atoms with E-state index in [1.165, 1.54) is 19.3 Å². The van der Waals surface area contributed by atoms with Gasteiger partial charge in [-0.25, -0.2) is 13.8 Å². The summed E-state index contributed by atoms with van der Waals surface area (Å²) in [6, 6.07) is 2.27. The summed E-state index contributed by atoms with van der Waals surface area (Å²) >= 11 is 0. The Morgan fingerprint density at radius 3 is 2.74 bits per heavy atom. The molecule has 0 fully saturated rings. The number of nitrogens with one attached hydrogen (secondary N) is 2. The highest BCUT2D eigenvalue weighted by molar-refractivity contribution is 5.75. The van der Waals surface area contributed by atoms with Gasteiger partial charge >= 0.3 is 0 Å². The van der Waals surface area contributed by atoms with E-state index < -0.39 is 11.6 Å². The number of H-pyrrole nitrogens is 1. The summed E-state index contributed by atoms with van der Waals surface area (Å²) in [7, 11) is 0. The molecule has 0 atom stereocenters. The molecule has 1 aromatic carbocycles. The van der Waals surface area contributed by atoms with Crippen molar-refractivity contribution < 1.29 is 8.78 Å². The molecule has 0 saturated heterocycles. The van der Waals surface area contributed by atoms with E-state index in [1.54, 1.807) is 0 Å². The van der Waals surface area contributed by atoms with Gasteiger partial charge in [0.25, 0.3) is 0 Å². The molecule has 2 rings (SSSR count). The average molecular weight is 267 g/mol. The second-order valence-corrected chi connectivity index (χ2v) is 4.67. The minimum Gasteiger partial charge on any atom is -0.342 e. The third kappa shape index (κ3) is 3.73. The summed E-state index contributed by atoms with van der Waals surface area (Å²) in [5, 5.41) is 3.33. The van der Waals surface area contributed by atoms with Crippen molar-refractivity contribution in [3.63, 3.8) is 0 Å². The Bertz CT molecular complexity index is 498. The van der Waals surface area contributed by atoms with Crippen molar-refractivity contribution in [3.05, 3.63) is 29.6 Å². The van der Waals surface area contributed by atoms with Crippen molar-refractivity contribution in [3.8, 4) is 0 Å². The summed E-state index contributed by atoms with van der Waals surface area (Å²) in [6.07, 6.45) is 4.34. The Balaban J connectivity index is 1.87. The first kappa shape index (κ1) is 13.9. The molecule has 2 N–H and O–H groups in total. The Labute approximate surface area is 111 Å². The maximum absolute atomic E-state index is 13.0. The Morgan fingerprint density at radius 2 is 1.95 bits per heavy atom. The third-order valence-electron chi connectivity index (χ3n) is 3.07. The smallest absolute Gasteiger partial charge is 0.161 e. The minimum absolute atomic E-state index is 0.472. The molecular weight excluding hydrogens is 248 g/mol. The quantitative estimate of drug-likeness (QED) is 0.756. The molecule has 5 heteroatoms. The van der Waals surface area contributed by atoms with Crippen LogP contribution in [0.1, 0.15) is 32.0 Å². The molecule has 0 aliphatic rings. The lowest BCUT2D eigenvalue weighted by Crippen LogP contribution is -2.18. The number of unbranched alkanes of at least 4 members (excludes halogenated alkanes) is 2. The van der Waals surface area contributed by atoms with Crippen LogP contribution in [0.2, 0.25) is 0 Å². The van der Waals surface area contributed by atoms with E-state index in [9.17, 15) is 8.78 Å². The Hall–Kier alpha value is -1.49. The second kappa shape index (κ2) is 6.61. The molecule has 0 amide bonds. The molecule has 0 unspecified atom stereocenters. The lowest BCUT2D eigenvalue weighted by molar-refractivity contribution is 0.510. The van der Waals surface area contributed by atoms with Crippen LogP contribution >= 0.6 is 0 Å². The van der Waals surface area contributed by atoms with Crippen LogP contribution in [0, 0.1) is 11.6 Å². The highest BCUT2D eigenvalue weighted by atomic mass is 19.2. The van der Waals surface area contributed by atoms with Gasteiger partial charge in [-0.3, -0.25) is 0 Å². The van der Waals surface area contributed by atoms with Crippen LogP contribution < -0.4 is 5.32 Å². The van der Waals surface area contributed by atoms with Crippen molar-refractivity contribution in [1.29, 1.82) is 0 Å². The van der Waals surface area contributed by atoms with Crippen LogP contribution in [0.3, 0.4) is 0 Å². The molecule has 2 aromatic rings. The number of aromatic amines is 1. The fraction of sp³-hybridized carbons (Fsp3) is 0.500.